The molecule has 0 aliphatic carbocycles. The molecule has 0 N–H and O–H groups in total. The number of allylic oxidation sites excluding steroid dienone is 1. The third-order valence-corrected chi connectivity index (χ3v) is 5.13. The summed E-state index contributed by atoms with van der Waals surface area (Å²) in [6.07, 6.45) is 3.22. The summed E-state index contributed by atoms with van der Waals surface area (Å²) in [5.74, 6) is 1.02. The Morgan fingerprint density at radius 2 is 2.04 bits per heavy atom. The van der Waals surface area contributed by atoms with Gasteiger partial charge in [0.2, 0.25) is 0 Å². The van der Waals surface area contributed by atoms with Crippen LogP contribution in [0.2, 0.25) is 0 Å². The fraction of sp³-hybridized carbons (Fsp3) is 0.100. The van der Waals surface area contributed by atoms with Gasteiger partial charge < -0.3 is 4.74 Å². The van der Waals surface area contributed by atoms with Crippen LogP contribution in [0, 0.1) is 5.82 Å². The van der Waals surface area contributed by atoms with Crippen molar-refractivity contribution in [2.45, 2.75) is 16.7 Å². The van der Waals surface area contributed by atoms with Crippen molar-refractivity contribution in [1.82, 2.24) is 24.7 Å². The van der Waals surface area contributed by atoms with E-state index in [0.717, 1.165) is 5.56 Å². The van der Waals surface area contributed by atoms with Crippen LogP contribution in [0.4, 0.5) is 4.39 Å². The third kappa shape index (κ3) is 3.34. The number of rotatable bonds is 6. The van der Waals surface area contributed by atoms with Crippen LogP contribution in [-0.4, -0.2) is 31.8 Å². The number of para-hydroxylation sites is 1. The van der Waals surface area contributed by atoms with Crippen LogP contribution in [0.5, 0.6) is 5.75 Å². The van der Waals surface area contributed by atoms with Crippen molar-refractivity contribution in [3.63, 3.8) is 0 Å². The van der Waals surface area contributed by atoms with Gasteiger partial charge in [0.25, 0.3) is 0 Å². The molecule has 8 heteroatoms. The molecular formula is C20H16FN5OS. The Morgan fingerprint density at radius 3 is 2.86 bits per heavy atom. The molecule has 0 bridgehead atoms. The zero-order chi connectivity index (χ0) is 19.5. The molecule has 0 aliphatic heterocycles. The molecule has 6 nitrogen and oxygen atoms in total. The van der Waals surface area contributed by atoms with Crippen LogP contribution in [0.1, 0.15) is 0 Å². The molecule has 0 saturated heterocycles. The summed E-state index contributed by atoms with van der Waals surface area (Å²) >= 11 is 1.30. The lowest BCUT2D eigenvalue weighted by Gasteiger charge is -2.11. The van der Waals surface area contributed by atoms with E-state index in [2.05, 4.69) is 26.7 Å². The number of hydrogen-bond acceptors (Lipinski definition) is 6. The molecule has 0 amide bonds. The lowest BCUT2D eigenvalue weighted by atomic mass is 10.2. The van der Waals surface area contributed by atoms with E-state index in [0.29, 0.717) is 39.2 Å². The molecule has 0 saturated carbocycles. The molecule has 4 rings (SSSR count). The number of methoxy groups -OCH3 is 1. The highest BCUT2D eigenvalue weighted by Crippen LogP contribution is 2.34. The summed E-state index contributed by atoms with van der Waals surface area (Å²) in [5, 5.41) is 10.5. The van der Waals surface area contributed by atoms with Crippen molar-refractivity contribution in [3.05, 3.63) is 67.3 Å². The first-order valence-corrected chi connectivity index (χ1v) is 9.28. The van der Waals surface area contributed by atoms with E-state index < -0.39 is 0 Å². The average Bonchev–Trinajstić information content (AvgIpc) is 3.11. The summed E-state index contributed by atoms with van der Waals surface area (Å²) < 4.78 is 21.1. The second-order valence-electron chi connectivity index (χ2n) is 5.85. The quantitative estimate of drug-likeness (QED) is 0.358. The van der Waals surface area contributed by atoms with Crippen LogP contribution < -0.4 is 4.74 Å². The molecule has 28 heavy (non-hydrogen) atoms. The molecule has 0 fully saturated rings. The molecule has 2 aromatic heterocycles. The Kier molecular flexibility index (Phi) is 5.03. The minimum atomic E-state index is -0.341. The number of halogens is 1. The van der Waals surface area contributed by atoms with Gasteiger partial charge >= 0.3 is 0 Å². The van der Waals surface area contributed by atoms with Gasteiger partial charge in [-0.25, -0.2) is 14.4 Å². The zero-order valence-electron chi connectivity index (χ0n) is 15.0. The third-order valence-electron chi connectivity index (χ3n) is 4.13. The molecule has 0 atom stereocenters. The maximum Gasteiger partial charge on any atom is 0.198 e. The predicted molar refractivity (Wildman–Crippen MR) is 106 cm³/mol. The first kappa shape index (κ1) is 18.1. The molecule has 2 heterocycles. The minimum absolute atomic E-state index is 0.341. The van der Waals surface area contributed by atoms with E-state index in [4.69, 9.17) is 4.74 Å². The maximum atomic E-state index is 13.7. The smallest absolute Gasteiger partial charge is 0.198 e. The van der Waals surface area contributed by atoms with Crippen molar-refractivity contribution < 1.29 is 9.13 Å². The summed E-state index contributed by atoms with van der Waals surface area (Å²) in [5.41, 5.74) is 1.49. The number of ether oxygens (including phenoxy) is 1. The maximum absolute atomic E-state index is 13.7. The van der Waals surface area contributed by atoms with Gasteiger partial charge in [0.05, 0.1) is 18.2 Å². The summed E-state index contributed by atoms with van der Waals surface area (Å²) in [7, 11) is 1.62. The number of nitrogens with zero attached hydrogens (tertiary/aromatic N) is 5. The highest BCUT2D eigenvalue weighted by atomic mass is 32.2. The Balaban J connectivity index is 1.81. The monoisotopic (exact) mass is 393 g/mol. The van der Waals surface area contributed by atoms with Gasteiger partial charge in [-0.15, -0.1) is 16.8 Å². The molecule has 0 aliphatic rings. The zero-order valence-corrected chi connectivity index (χ0v) is 15.9. The van der Waals surface area contributed by atoms with Crippen LogP contribution in [0.3, 0.4) is 0 Å². The van der Waals surface area contributed by atoms with Gasteiger partial charge in [-0.1, -0.05) is 18.2 Å². The van der Waals surface area contributed by atoms with Gasteiger partial charge in [0.1, 0.15) is 22.9 Å². The highest BCUT2D eigenvalue weighted by molar-refractivity contribution is 7.99. The van der Waals surface area contributed by atoms with Gasteiger partial charge in [-0.2, -0.15) is 0 Å². The molecule has 0 radical (unpaired) electrons. The second-order valence-corrected chi connectivity index (χ2v) is 6.80. The van der Waals surface area contributed by atoms with E-state index in [1.165, 1.54) is 30.2 Å². The minimum Gasteiger partial charge on any atom is -0.496 e. The summed E-state index contributed by atoms with van der Waals surface area (Å²) in [6, 6.07) is 12.0. The van der Waals surface area contributed by atoms with Crippen molar-refractivity contribution in [1.29, 1.82) is 0 Å². The lowest BCUT2D eigenvalue weighted by Crippen LogP contribution is -2.02. The van der Waals surface area contributed by atoms with E-state index in [1.807, 2.05) is 28.8 Å². The van der Waals surface area contributed by atoms with Crippen LogP contribution in [0.15, 0.2) is 71.6 Å². The molecule has 2 aromatic carbocycles. The fourth-order valence-electron chi connectivity index (χ4n) is 2.86. The van der Waals surface area contributed by atoms with Gasteiger partial charge in [0.15, 0.2) is 11.0 Å². The summed E-state index contributed by atoms with van der Waals surface area (Å²) in [6.45, 7) is 4.33. The largest absolute Gasteiger partial charge is 0.496 e. The molecule has 4 aromatic rings. The van der Waals surface area contributed by atoms with Crippen molar-refractivity contribution >= 4 is 22.7 Å². The molecular weight excluding hydrogens is 377 g/mol. The van der Waals surface area contributed by atoms with Gasteiger partial charge in [-0.05, 0) is 42.1 Å². The summed E-state index contributed by atoms with van der Waals surface area (Å²) in [4.78, 5) is 8.51. The van der Waals surface area contributed by atoms with Crippen LogP contribution >= 0.6 is 11.8 Å². The number of fused-ring (bicyclic) bond motifs is 1. The first-order valence-electron chi connectivity index (χ1n) is 8.47. The van der Waals surface area contributed by atoms with E-state index in [1.54, 1.807) is 19.3 Å². The fourth-order valence-corrected chi connectivity index (χ4v) is 3.76. The Bertz CT molecular complexity index is 1160. The Labute approximate surface area is 165 Å². The van der Waals surface area contributed by atoms with Gasteiger partial charge in [-0.3, -0.25) is 4.57 Å². The molecule has 140 valence electrons. The topological polar surface area (TPSA) is 65.7 Å². The van der Waals surface area contributed by atoms with Gasteiger partial charge in [0, 0.05) is 11.9 Å². The van der Waals surface area contributed by atoms with Crippen LogP contribution in [0.25, 0.3) is 22.3 Å². The predicted octanol–water partition coefficient (Wildman–Crippen LogP) is 4.37. The normalized spacial score (nSPS) is 10.9. The standard InChI is InChI=1S/C20H16FN5OS/c1-3-10-26-18(14-6-4-5-7-17(14)27-2)24-25-20(26)28-19-15-11-13(21)8-9-16(15)22-12-23-19/h3-9,11-12H,1,10H2,2H3. The Hall–Kier alpha value is -3.26. The number of aromatic nitrogens is 5. The van der Waals surface area contributed by atoms with Crippen LogP contribution in [-0.2, 0) is 6.54 Å². The number of benzene rings is 2. The number of hydrogen-bond donors (Lipinski definition) is 0. The van der Waals surface area contributed by atoms with E-state index in [-0.39, 0.29) is 5.82 Å². The first-order chi connectivity index (χ1) is 13.7. The van der Waals surface area contributed by atoms with Crippen molar-refractivity contribution in [3.8, 4) is 17.1 Å². The van der Waals surface area contributed by atoms with Crippen molar-refractivity contribution in [2.24, 2.45) is 0 Å². The molecule has 0 spiro atoms. The highest BCUT2D eigenvalue weighted by Gasteiger charge is 2.18. The Morgan fingerprint density at radius 1 is 1.18 bits per heavy atom. The van der Waals surface area contributed by atoms with E-state index in [9.17, 15) is 4.39 Å². The average molecular weight is 393 g/mol. The second kappa shape index (κ2) is 7.77. The SMILES string of the molecule is C=CCn1c(Sc2ncnc3ccc(F)cc23)nnc1-c1ccccc1OC. The van der Waals surface area contributed by atoms with Crippen molar-refractivity contribution in [2.75, 3.05) is 7.11 Å². The lowest BCUT2D eigenvalue weighted by molar-refractivity contribution is 0.416. The molecule has 0 unspecified atom stereocenters. The van der Waals surface area contributed by atoms with E-state index >= 15 is 0 Å².